The van der Waals surface area contributed by atoms with Crippen LogP contribution in [0.25, 0.3) is 0 Å². The Hall–Kier alpha value is -1.91. The van der Waals surface area contributed by atoms with Crippen LogP contribution in [0.2, 0.25) is 0 Å². The predicted molar refractivity (Wildman–Crippen MR) is 84.2 cm³/mol. The second kappa shape index (κ2) is 7.57. The molecule has 1 aromatic rings. The first-order valence-electron chi connectivity index (χ1n) is 7.64. The molecule has 1 aliphatic carbocycles. The van der Waals surface area contributed by atoms with Crippen molar-refractivity contribution in [3.05, 3.63) is 29.8 Å². The van der Waals surface area contributed by atoms with Gasteiger partial charge in [0.05, 0.1) is 23.8 Å². The smallest absolute Gasteiger partial charge is 0.304 e. The number of nitriles is 1. The number of hydrogen-bond acceptors (Lipinski definition) is 4. The van der Waals surface area contributed by atoms with Crippen molar-refractivity contribution < 1.29 is 18.3 Å². The molecule has 0 aromatic heterocycles. The number of carboxylic acid groups (broad SMARTS) is 1. The van der Waals surface area contributed by atoms with Gasteiger partial charge >= 0.3 is 5.97 Å². The summed E-state index contributed by atoms with van der Waals surface area (Å²) >= 11 is 0. The van der Waals surface area contributed by atoms with Gasteiger partial charge in [-0.15, -0.1) is 0 Å². The fourth-order valence-electron chi connectivity index (χ4n) is 2.94. The van der Waals surface area contributed by atoms with E-state index in [2.05, 4.69) is 0 Å². The fraction of sp³-hybridized carbons (Fsp3) is 0.500. The lowest BCUT2D eigenvalue weighted by molar-refractivity contribution is -0.137. The molecule has 0 heterocycles. The minimum absolute atomic E-state index is 0.0230. The number of nitrogens with zero attached hydrogens (tertiary/aromatic N) is 2. The molecule has 124 valence electrons. The third-order valence-electron chi connectivity index (χ3n) is 4.07. The Balaban J connectivity index is 2.32. The van der Waals surface area contributed by atoms with Gasteiger partial charge in [0.25, 0.3) is 0 Å². The van der Waals surface area contributed by atoms with Gasteiger partial charge in [-0.3, -0.25) is 4.79 Å². The molecule has 0 bridgehead atoms. The van der Waals surface area contributed by atoms with Crippen LogP contribution in [0.4, 0.5) is 0 Å². The molecule has 0 saturated heterocycles. The maximum atomic E-state index is 12.9. The molecule has 1 saturated carbocycles. The van der Waals surface area contributed by atoms with E-state index in [1.807, 2.05) is 6.07 Å². The summed E-state index contributed by atoms with van der Waals surface area (Å²) in [6.45, 7) is -0.0230. The molecule has 7 heteroatoms. The van der Waals surface area contributed by atoms with Gasteiger partial charge in [-0.05, 0) is 30.5 Å². The average molecular weight is 336 g/mol. The zero-order valence-corrected chi connectivity index (χ0v) is 13.6. The fourth-order valence-corrected chi connectivity index (χ4v) is 4.70. The van der Waals surface area contributed by atoms with Crippen molar-refractivity contribution in [1.29, 1.82) is 5.26 Å². The van der Waals surface area contributed by atoms with Gasteiger partial charge < -0.3 is 5.11 Å². The van der Waals surface area contributed by atoms with Gasteiger partial charge in [0.1, 0.15) is 0 Å². The second-order valence-corrected chi connectivity index (χ2v) is 7.57. The Bertz CT molecular complexity index is 703. The molecule has 0 radical (unpaired) electrons. The highest BCUT2D eigenvalue weighted by molar-refractivity contribution is 7.89. The maximum absolute atomic E-state index is 12.9. The van der Waals surface area contributed by atoms with E-state index in [-0.39, 0.29) is 30.3 Å². The molecule has 0 spiro atoms. The molecule has 23 heavy (non-hydrogen) atoms. The van der Waals surface area contributed by atoms with Gasteiger partial charge in [-0.2, -0.15) is 9.57 Å². The Morgan fingerprint density at radius 3 is 2.65 bits per heavy atom. The van der Waals surface area contributed by atoms with Crippen molar-refractivity contribution >= 4 is 16.0 Å². The molecule has 0 atom stereocenters. The number of hydrogen-bond donors (Lipinski definition) is 1. The summed E-state index contributed by atoms with van der Waals surface area (Å²) in [5.74, 6) is -1.01. The molecule has 0 amide bonds. The molecule has 1 fully saturated rings. The summed E-state index contributed by atoms with van der Waals surface area (Å²) in [7, 11) is -3.76. The lowest BCUT2D eigenvalue weighted by Crippen LogP contribution is -2.40. The number of sulfonamides is 1. The molecule has 0 unspecified atom stereocenters. The van der Waals surface area contributed by atoms with Crippen molar-refractivity contribution in [1.82, 2.24) is 4.31 Å². The SMILES string of the molecule is N#CCc1cccc(S(=O)(=O)N(CCC(=O)O)C2CCCC2)c1. The summed E-state index contributed by atoms with van der Waals surface area (Å²) in [6.07, 6.45) is 3.36. The Morgan fingerprint density at radius 2 is 2.04 bits per heavy atom. The number of carboxylic acids is 1. The molecule has 2 rings (SSSR count). The topological polar surface area (TPSA) is 98.5 Å². The highest BCUT2D eigenvalue weighted by Gasteiger charge is 2.33. The molecule has 1 N–H and O–H groups in total. The highest BCUT2D eigenvalue weighted by Crippen LogP contribution is 2.29. The minimum Gasteiger partial charge on any atom is -0.481 e. The third kappa shape index (κ3) is 4.30. The maximum Gasteiger partial charge on any atom is 0.304 e. The van der Waals surface area contributed by atoms with E-state index in [1.165, 1.54) is 16.4 Å². The predicted octanol–water partition coefficient (Wildman–Crippen LogP) is 2.16. The van der Waals surface area contributed by atoms with Crippen LogP contribution in [0.5, 0.6) is 0 Å². The lowest BCUT2D eigenvalue weighted by atomic mass is 10.2. The van der Waals surface area contributed by atoms with Crippen LogP contribution >= 0.6 is 0 Å². The number of aliphatic carboxylic acids is 1. The van der Waals surface area contributed by atoms with Crippen molar-refractivity contribution in [2.24, 2.45) is 0 Å². The van der Waals surface area contributed by atoms with Crippen LogP contribution in [0.15, 0.2) is 29.2 Å². The zero-order chi connectivity index (χ0) is 16.9. The van der Waals surface area contributed by atoms with E-state index in [4.69, 9.17) is 10.4 Å². The average Bonchev–Trinajstić information content (AvgIpc) is 3.01. The summed E-state index contributed by atoms with van der Waals surface area (Å²) < 4.78 is 27.2. The van der Waals surface area contributed by atoms with E-state index in [1.54, 1.807) is 12.1 Å². The normalized spacial score (nSPS) is 15.7. The summed E-state index contributed by atoms with van der Waals surface area (Å²) in [4.78, 5) is 11.0. The van der Waals surface area contributed by atoms with Gasteiger partial charge in [0.15, 0.2) is 0 Å². The van der Waals surface area contributed by atoms with E-state index in [0.717, 1.165) is 25.7 Å². The first kappa shape index (κ1) is 17.4. The van der Waals surface area contributed by atoms with Gasteiger partial charge in [-0.25, -0.2) is 8.42 Å². The van der Waals surface area contributed by atoms with Crippen LogP contribution in [-0.2, 0) is 21.2 Å². The molecule has 1 aliphatic rings. The Kier molecular flexibility index (Phi) is 5.74. The van der Waals surface area contributed by atoms with Crippen molar-refractivity contribution in [2.75, 3.05) is 6.54 Å². The van der Waals surface area contributed by atoms with Crippen molar-refractivity contribution in [2.45, 2.75) is 49.5 Å². The van der Waals surface area contributed by atoms with E-state index in [9.17, 15) is 13.2 Å². The quantitative estimate of drug-likeness (QED) is 0.822. The van der Waals surface area contributed by atoms with Crippen LogP contribution in [0.3, 0.4) is 0 Å². The lowest BCUT2D eigenvalue weighted by Gasteiger charge is -2.27. The molecular weight excluding hydrogens is 316 g/mol. The van der Waals surface area contributed by atoms with E-state index in [0.29, 0.717) is 5.56 Å². The minimum atomic E-state index is -3.76. The Labute approximate surface area is 136 Å². The van der Waals surface area contributed by atoms with Gasteiger partial charge in [0, 0.05) is 12.6 Å². The largest absolute Gasteiger partial charge is 0.481 e. The Morgan fingerprint density at radius 1 is 1.35 bits per heavy atom. The van der Waals surface area contributed by atoms with E-state index < -0.39 is 16.0 Å². The summed E-state index contributed by atoms with van der Waals surface area (Å²) in [6, 6.07) is 8.18. The molecule has 0 aliphatic heterocycles. The summed E-state index contributed by atoms with van der Waals surface area (Å²) in [5, 5.41) is 17.7. The first-order chi connectivity index (χ1) is 10.9. The second-order valence-electron chi connectivity index (χ2n) is 5.68. The third-order valence-corrected chi connectivity index (χ3v) is 6.01. The molecule has 1 aromatic carbocycles. The monoisotopic (exact) mass is 336 g/mol. The first-order valence-corrected chi connectivity index (χ1v) is 9.08. The molecular formula is C16H20N2O4S. The number of benzene rings is 1. The highest BCUT2D eigenvalue weighted by atomic mass is 32.2. The van der Waals surface area contributed by atoms with Crippen LogP contribution in [0, 0.1) is 11.3 Å². The standard InChI is InChI=1S/C16H20N2O4S/c17-10-8-13-4-3-7-15(12-13)23(21,22)18(11-9-16(19)20)14-5-1-2-6-14/h3-4,7,12,14H,1-2,5-6,8-9,11H2,(H,19,20). The van der Waals surface area contributed by atoms with Crippen LogP contribution in [-0.4, -0.2) is 36.4 Å². The van der Waals surface area contributed by atoms with E-state index >= 15 is 0 Å². The summed E-state index contributed by atoms with van der Waals surface area (Å²) in [5.41, 5.74) is 0.637. The number of carbonyl (C=O) groups is 1. The number of rotatable bonds is 7. The van der Waals surface area contributed by atoms with Crippen molar-refractivity contribution in [3.8, 4) is 6.07 Å². The van der Waals surface area contributed by atoms with Crippen molar-refractivity contribution in [3.63, 3.8) is 0 Å². The van der Waals surface area contributed by atoms with Crippen LogP contribution < -0.4 is 0 Å². The zero-order valence-electron chi connectivity index (χ0n) is 12.8. The van der Waals surface area contributed by atoms with Gasteiger partial charge in [-0.1, -0.05) is 25.0 Å². The molecule has 6 nitrogen and oxygen atoms in total. The van der Waals surface area contributed by atoms with Crippen LogP contribution in [0.1, 0.15) is 37.7 Å². The van der Waals surface area contributed by atoms with Gasteiger partial charge in [0.2, 0.25) is 10.0 Å².